The van der Waals surface area contributed by atoms with Gasteiger partial charge < -0.3 is 11.1 Å². The molecule has 2 bridgehead atoms. The molecular weight excluding hydrogens is 184 g/mol. The van der Waals surface area contributed by atoms with Gasteiger partial charge in [-0.2, -0.15) is 0 Å². The average molecular weight is 208 g/mol. The van der Waals surface area contributed by atoms with E-state index in [1.807, 2.05) is 0 Å². The van der Waals surface area contributed by atoms with Crippen LogP contribution in [0, 0.1) is 29.6 Å². The zero-order valence-corrected chi connectivity index (χ0v) is 9.78. The standard InChI is InChI=1S/C13H24N2/c1-8(4-5-14)7-15-13-11-9-2-3-10(6-9)12(11)13/h8-13,15H,2-7,14H2,1H3. The van der Waals surface area contributed by atoms with E-state index < -0.39 is 0 Å². The van der Waals surface area contributed by atoms with E-state index in [4.69, 9.17) is 5.73 Å². The number of nitrogens with two attached hydrogens (primary N) is 1. The Morgan fingerprint density at radius 3 is 2.53 bits per heavy atom. The van der Waals surface area contributed by atoms with Crippen molar-refractivity contribution in [1.29, 1.82) is 0 Å². The summed E-state index contributed by atoms with van der Waals surface area (Å²) in [6.07, 6.45) is 5.79. The van der Waals surface area contributed by atoms with Crippen molar-refractivity contribution < 1.29 is 0 Å². The van der Waals surface area contributed by atoms with Crippen LogP contribution in [0.4, 0.5) is 0 Å². The van der Waals surface area contributed by atoms with Crippen LogP contribution in [-0.2, 0) is 0 Å². The molecule has 0 aliphatic heterocycles. The lowest BCUT2D eigenvalue weighted by molar-refractivity contribution is 0.421. The molecule has 3 aliphatic carbocycles. The summed E-state index contributed by atoms with van der Waals surface area (Å²) in [5.74, 6) is 5.11. The van der Waals surface area contributed by atoms with E-state index in [0.29, 0.717) is 0 Å². The maximum atomic E-state index is 5.57. The second-order valence-electron chi connectivity index (χ2n) is 6.10. The molecule has 15 heavy (non-hydrogen) atoms. The van der Waals surface area contributed by atoms with Crippen LogP contribution < -0.4 is 11.1 Å². The molecule has 0 aromatic rings. The summed E-state index contributed by atoms with van der Waals surface area (Å²) in [6, 6.07) is 0.900. The number of fused-ring (bicyclic) bond motifs is 5. The molecule has 2 nitrogen and oxygen atoms in total. The van der Waals surface area contributed by atoms with Gasteiger partial charge in [0.25, 0.3) is 0 Å². The van der Waals surface area contributed by atoms with E-state index in [9.17, 15) is 0 Å². The van der Waals surface area contributed by atoms with E-state index in [0.717, 1.165) is 42.2 Å². The normalized spacial score (nSPS) is 48.0. The highest BCUT2D eigenvalue weighted by Crippen LogP contribution is 2.65. The fourth-order valence-corrected chi connectivity index (χ4v) is 4.32. The van der Waals surface area contributed by atoms with Crippen LogP contribution >= 0.6 is 0 Å². The fraction of sp³-hybridized carbons (Fsp3) is 1.00. The smallest absolute Gasteiger partial charge is 0.0136 e. The van der Waals surface area contributed by atoms with Crippen molar-refractivity contribution in [2.75, 3.05) is 13.1 Å². The Kier molecular flexibility index (Phi) is 2.52. The summed E-state index contributed by atoms with van der Waals surface area (Å²) in [5, 5.41) is 3.79. The highest BCUT2D eigenvalue weighted by atomic mass is 15.0. The summed E-state index contributed by atoms with van der Waals surface area (Å²) in [7, 11) is 0. The third-order valence-corrected chi connectivity index (χ3v) is 5.10. The molecule has 5 unspecified atom stereocenters. The van der Waals surface area contributed by atoms with Crippen LogP contribution in [0.3, 0.4) is 0 Å². The minimum atomic E-state index is 0.758. The lowest BCUT2D eigenvalue weighted by atomic mass is 10.0. The molecular formula is C13H24N2. The molecule has 5 atom stereocenters. The Labute approximate surface area is 93.0 Å². The van der Waals surface area contributed by atoms with E-state index in [1.54, 1.807) is 6.42 Å². The molecule has 0 saturated heterocycles. The molecule has 0 aromatic heterocycles. The van der Waals surface area contributed by atoms with E-state index in [-0.39, 0.29) is 0 Å². The number of hydrogen-bond donors (Lipinski definition) is 2. The second-order valence-corrected chi connectivity index (χ2v) is 6.10. The molecule has 2 heteroatoms. The summed E-state index contributed by atoms with van der Waals surface area (Å²) in [4.78, 5) is 0. The largest absolute Gasteiger partial charge is 0.330 e. The van der Waals surface area contributed by atoms with Gasteiger partial charge in [-0.3, -0.25) is 0 Å². The first-order chi connectivity index (χ1) is 7.31. The molecule has 3 N–H and O–H groups in total. The van der Waals surface area contributed by atoms with Crippen molar-refractivity contribution in [2.24, 2.45) is 35.3 Å². The quantitative estimate of drug-likeness (QED) is 0.720. The molecule has 3 fully saturated rings. The van der Waals surface area contributed by atoms with Gasteiger partial charge in [0.05, 0.1) is 0 Å². The molecule has 0 heterocycles. The van der Waals surface area contributed by atoms with Gasteiger partial charge in [-0.15, -0.1) is 0 Å². The lowest BCUT2D eigenvalue weighted by Gasteiger charge is -2.14. The van der Waals surface area contributed by atoms with Crippen molar-refractivity contribution in [1.82, 2.24) is 5.32 Å². The van der Waals surface area contributed by atoms with Crippen LogP contribution in [0.5, 0.6) is 0 Å². The zero-order chi connectivity index (χ0) is 10.4. The van der Waals surface area contributed by atoms with Crippen LogP contribution in [0.2, 0.25) is 0 Å². The first-order valence-corrected chi connectivity index (χ1v) is 6.74. The molecule has 0 aromatic carbocycles. The zero-order valence-electron chi connectivity index (χ0n) is 9.78. The molecule has 3 saturated carbocycles. The van der Waals surface area contributed by atoms with Crippen molar-refractivity contribution in [2.45, 2.75) is 38.6 Å². The highest BCUT2D eigenvalue weighted by molar-refractivity contribution is 5.16. The van der Waals surface area contributed by atoms with E-state index in [1.165, 1.54) is 25.8 Å². The Bertz CT molecular complexity index is 225. The molecule has 0 spiro atoms. The molecule has 3 rings (SSSR count). The van der Waals surface area contributed by atoms with E-state index in [2.05, 4.69) is 12.2 Å². The number of nitrogens with one attached hydrogen (secondary N) is 1. The van der Waals surface area contributed by atoms with Crippen LogP contribution in [0.1, 0.15) is 32.6 Å². The minimum absolute atomic E-state index is 0.758. The second kappa shape index (κ2) is 3.74. The van der Waals surface area contributed by atoms with Gasteiger partial charge in [0.1, 0.15) is 0 Å². The third-order valence-electron chi connectivity index (χ3n) is 5.10. The Morgan fingerprint density at radius 2 is 1.93 bits per heavy atom. The summed E-state index contributed by atoms with van der Waals surface area (Å²) in [6.45, 7) is 4.34. The predicted molar refractivity (Wildman–Crippen MR) is 62.4 cm³/mol. The van der Waals surface area contributed by atoms with Crippen LogP contribution in [-0.4, -0.2) is 19.1 Å². The maximum absolute atomic E-state index is 5.57. The van der Waals surface area contributed by atoms with Crippen LogP contribution in [0.25, 0.3) is 0 Å². The van der Waals surface area contributed by atoms with Crippen molar-refractivity contribution >= 4 is 0 Å². The van der Waals surface area contributed by atoms with Gasteiger partial charge in [-0.05, 0) is 68.4 Å². The van der Waals surface area contributed by atoms with Gasteiger partial charge in [0.2, 0.25) is 0 Å². The molecule has 3 aliphatic rings. The minimum Gasteiger partial charge on any atom is -0.330 e. The molecule has 86 valence electrons. The Hall–Kier alpha value is -0.0800. The Balaban J connectivity index is 1.44. The van der Waals surface area contributed by atoms with Crippen molar-refractivity contribution in [3.63, 3.8) is 0 Å². The van der Waals surface area contributed by atoms with Crippen molar-refractivity contribution in [3.8, 4) is 0 Å². The third kappa shape index (κ3) is 1.62. The van der Waals surface area contributed by atoms with Crippen LogP contribution in [0.15, 0.2) is 0 Å². The topological polar surface area (TPSA) is 38.0 Å². The molecule has 0 radical (unpaired) electrons. The van der Waals surface area contributed by atoms with Gasteiger partial charge in [-0.25, -0.2) is 0 Å². The van der Waals surface area contributed by atoms with Gasteiger partial charge in [0.15, 0.2) is 0 Å². The SMILES string of the molecule is CC(CCN)CNC1C2C3CCC(C3)C12. The number of hydrogen-bond acceptors (Lipinski definition) is 2. The average Bonchev–Trinajstić information content (AvgIpc) is 2.63. The summed E-state index contributed by atoms with van der Waals surface area (Å²) >= 11 is 0. The summed E-state index contributed by atoms with van der Waals surface area (Å²) in [5.41, 5.74) is 5.57. The highest BCUT2D eigenvalue weighted by Gasteiger charge is 2.64. The monoisotopic (exact) mass is 208 g/mol. The lowest BCUT2D eigenvalue weighted by Crippen LogP contribution is -2.28. The van der Waals surface area contributed by atoms with Gasteiger partial charge >= 0.3 is 0 Å². The Morgan fingerprint density at radius 1 is 1.27 bits per heavy atom. The van der Waals surface area contributed by atoms with Gasteiger partial charge in [-0.1, -0.05) is 6.92 Å². The predicted octanol–water partition coefficient (Wildman–Crippen LogP) is 1.61. The maximum Gasteiger partial charge on any atom is 0.0136 e. The number of rotatable bonds is 5. The first-order valence-electron chi connectivity index (χ1n) is 6.74. The van der Waals surface area contributed by atoms with Crippen molar-refractivity contribution in [3.05, 3.63) is 0 Å². The van der Waals surface area contributed by atoms with Gasteiger partial charge in [0, 0.05) is 6.04 Å². The summed E-state index contributed by atoms with van der Waals surface area (Å²) < 4.78 is 0. The first kappa shape index (κ1) is 10.1. The van der Waals surface area contributed by atoms with E-state index >= 15 is 0 Å². The molecule has 0 amide bonds. The fourth-order valence-electron chi connectivity index (χ4n) is 4.32.